The monoisotopic (exact) mass is 128 g/mol. The van der Waals surface area contributed by atoms with E-state index in [1.165, 1.54) is 19.3 Å². The zero-order valence-corrected chi connectivity index (χ0v) is 6.31. The van der Waals surface area contributed by atoms with Gasteiger partial charge >= 0.3 is 0 Å². The van der Waals surface area contributed by atoms with Crippen LogP contribution in [0.4, 0.5) is 0 Å². The molecule has 0 N–H and O–H groups in total. The van der Waals surface area contributed by atoms with E-state index in [9.17, 15) is 0 Å². The van der Waals surface area contributed by atoms with Gasteiger partial charge in [-0.3, -0.25) is 0 Å². The van der Waals surface area contributed by atoms with Crippen LogP contribution in [0.25, 0.3) is 0 Å². The highest BCUT2D eigenvalue weighted by Crippen LogP contribution is 2.10. The summed E-state index contributed by atoms with van der Waals surface area (Å²) in [7, 11) is 0.985. The van der Waals surface area contributed by atoms with Crippen LogP contribution < -0.4 is 0 Å². The highest BCUT2D eigenvalue weighted by atomic mass is 28.2. The highest BCUT2D eigenvalue weighted by Gasteiger charge is 2.10. The molecule has 1 unspecified atom stereocenters. The first kappa shape index (κ1) is 6.30. The number of hydrogen-bond donors (Lipinski definition) is 0. The molecule has 1 atom stereocenters. The first-order valence-electron chi connectivity index (χ1n) is 3.22. The standard InChI is InChI=1S/C6H12OSi/c1-8-6-4-2-3-5-7-6/h6H,2-5H2,1H3. The van der Waals surface area contributed by atoms with E-state index in [1.807, 2.05) is 0 Å². The van der Waals surface area contributed by atoms with Crippen molar-refractivity contribution >= 4 is 9.52 Å². The van der Waals surface area contributed by atoms with Crippen LogP contribution >= 0.6 is 0 Å². The molecule has 0 saturated carbocycles. The molecule has 2 heteroatoms. The van der Waals surface area contributed by atoms with E-state index in [0.29, 0.717) is 5.73 Å². The van der Waals surface area contributed by atoms with Gasteiger partial charge in [-0.15, -0.1) is 0 Å². The van der Waals surface area contributed by atoms with Gasteiger partial charge in [0, 0.05) is 12.3 Å². The number of ether oxygens (including phenoxy) is 1. The second kappa shape index (κ2) is 3.25. The maximum absolute atomic E-state index is 5.44. The van der Waals surface area contributed by atoms with Gasteiger partial charge in [0.15, 0.2) is 0 Å². The van der Waals surface area contributed by atoms with E-state index in [-0.39, 0.29) is 0 Å². The Morgan fingerprint density at radius 3 is 2.75 bits per heavy atom. The normalized spacial score (nSPS) is 30.4. The third kappa shape index (κ3) is 1.60. The lowest BCUT2D eigenvalue weighted by molar-refractivity contribution is 0.0655. The van der Waals surface area contributed by atoms with Crippen molar-refractivity contribution in [2.45, 2.75) is 31.5 Å². The smallest absolute Gasteiger partial charge is 0.0743 e. The fraction of sp³-hybridized carbons (Fsp3) is 1.00. The second-order valence-electron chi connectivity index (χ2n) is 2.14. The summed E-state index contributed by atoms with van der Waals surface area (Å²) in [4.78, 5) is 0. The van der Waals surface area contributed by atoms with E-state index in [2.05, 4.69) is 6.55 Å². The summed E-state index contributed by atoms with van der Waals surface area (Å²) >= 11 is 0. The molecule has 46 valence electrons. The van der Waals surface area contributed by atoms with Gasteiger partial charge in [-0.1, -0.05) is 6.55 Å². The zero-order chi connectivity index (χ0) is 5.82. The third-order valence-corrected chi connectivity index (χ3v) is 2.60. The summed E-state index contributed by atoms with van der Waals surface area (Å²) < 4.78 is 5.44. The molecule has 0 amide bonds. The molecule has 0 aromatic rings. The molecule has 1 aliphatic rings. The minimum Gasteiger partial charge on any atom is -0.382 e. The predicted molar refractivity (Wildman–Crippen MR) is 35.2 cm³/mol. The van der Waals surface area contributed by atoms with Gasteiger partial charge in [0.05, 0.1) is 9.52 Å². The Morgan fingerprint density at radius 1 is 1.50 bits per heavy atom. The van der Waals surface area contributed by atoms with Gasteiger partial charge < -0.3 is 4.74 Å². The molecule has 0 aromatic carbocycles. The van der Waals surface area contributed by atoms with Crippen LogP contribution in [0.2, 0.25) is 6.55 Å². The van der Waals surface area contributed by atoms with Gasteiger partial charge in [0.25, 0.3) is 0 Å². The van der Waals surface area contributed by atoms with Crippen LogP contribution in [0.1, 0.15) is 19.3 Å². The van der Waals surface area contributed by atoms with Gasteiger partial charge in [0.2, 0.25) is 0 Å². The lowest BCUT2D eigenvalue weighted by Gasteiger charge is -2.20. The summed E-state index contributed by atoms with van der Waals surface area (Å²) in [5, 5.41) is 0. The minimum atomic E-state index is 0.615. The molecule has 0 spiro atoms. The van der Waals surface area contributed by atoms with Crippen molar-refractivity contribution in [1.29, 1.82) is 0 Å². The molecule has 0 aromatic heterocycles. The molecule has 0 bridgehead atoms. The predicted octanol–water partition coefficient (Wildman–Crippen LogP) is 1.27. The topological polar surface area (TPSA) is 9.23 Å². The molecule has 1 heterocycles. The maximum atomic E-state index is 5.44. The summed E-state index contributed by atoms with van der Waals surface area (Å²) in [6.07, 6.45) is 3.96. The molecule has 2 radical (unpaired) electrons. The SMILES string of the molecule is C[Si]C1CCCCO1. The van der Waals surface area contributed by atoms with Crippen molar-refractivity contribution < 1.29 is 4.74 Å². The van der Waals surface area contributed by atoms with Crippen LogP contribution in [-0.4, -0.2) is 21.9 Å². The van der Waals surface area contributed by atoms with E-state index in [4.69, 9.17) is 4.74 Å². The summed E-state index contributed by atoms with van der Waals surface area (Å²) in [5.41, 5.74) is 0.615. The van der Waals surface area contributed by atoms with Crippen LogP contribution in [0, 0.1) is 0 Å². The molecule has 1 rings (SSSR count). The first-order valence-corrected chi connectivity index (χ1v) is 4.80. The van der Waals surface area contributed by atoms with Crippen molar-refractivity contribution in [2.24, 2.45) is 0 Å². The van der Waals surface area contributed by atoms with Crippen molar-refractivity contribution in [1.82, 2.24) is 0 Å². The summed E-state index contributed by atoms with van der Waals surface area (Å²) in [6.45, 7) is 3.22. The molecule has 1 nitrogen and oxygen atoms in total. The van der Waals surface area contributed by atoms with Gasteiger partial charge in [-0.05, 0) is 19.3 Å². The molecule has 0 aliphatic carbocycles. The van der Waals surface area contributed by atoms with Crippen LogP contribution in [0.5, 0.6) is 0 Å². The van der Waals surface area contributed by atoms with E-state index < -0.39 is 0 Å². The fourth-order valence-corrected chi connectivity index (χ4v) is 1.75. The lowest BCUT2D eigenvalue weighted by Crippen LogP contribution is -2.23. The van der Waals surface area contributed by atoms with Crippen molar-refractivity contribution in [3.8, 4) is 0 Å². The van der Waals surface area contributed by atoms with Gasteiger partial charge in [0.1, 0.15) is 0 Å². The Morgan fingerprint density at radius 2 is 2.38 bits per heavy atom. The molecule has 8 heavy (non-hydrogen) atoms. The Labute approximate surface area is 53.2 Å². The van der Waals surface area contributed by atoms with Crippen LogP contribution in [0.15, 0.2) is 0 Å². The summed E-state index contributed by atoms with van der Waals surface area (Å²) in [5.74, 6) is 0. The van der Waals surface area contributed by atoms with E-state index in [0.717, 1.165) is 16.1 Å². The molecule has 1 fully saturated rings. The maximum Gasteiger partial charge on any atom is 0.0743 e. The fourth-order valence-electron chi connectivity index (χ4n) is 0.968. The van der Waals surface area contributed by atoms with E-state index in [1.54, 1.807) is 0 Å². The number of hydrogen-bond acceptors (Lipinski definition) is 1. The van der Waals surface area contributed by atoms with Gasteiger partial charge in [-0.2, -0.15) is 0 Å². The third-order valence-electron chi connectivity index (χ3n) is 1.50. The lowest BCUT2D eigenvalue weighted by atomic mass is 10.2. The Hall–Kier alpha value is 0.177. The van der Waals surface area contributed by atoms with Crippen molar-refractivity contribution in [3.63, 3.8) is 0 Å². The largest absolute Gasteiger partial charge is 0.382 e. The average Bonchev–Trinajstić information content (AvgIpc) is 1.90. The highest BCUT2D eigenvalue weighted by molar-refractivity contribution is 6.35. The Kier molecular flexibility index (Phi) is 2.56. The first-order chi connectivity index (χ1) is 3.93. The van der Waals surface area contributed by atoms with E-state index >= 15 is 0 Å². The molecular formula is C6H12OSi. The van der Waals surface area contributed by atoms with Crippen LogP contribution in [-0.2, 0) is 4.74 Å². The number of rotatable bonds is 1. The quantitative estimate of drug-likeness (QED) is 0.483. The second-order valence-corrected chi connectivity index (χ2v) is 3.37. The van der Waals surface area contributed by atoms with Crippen molar-refractivity contribution in [3.05, 3.63) is 0 Å². The summed E-state index contributed by atoms with van der Waals surface area (Å²) in [6, 6.07) is 0. The average molecular weight is 128 g/mol. The molecule has 1 saturated heterocycles. The minimum absolute atomic E-state index is 0.615. The van der Waals surface area contributed by atoms with Crippen LogP contribution in [0.3, 0.4) is 0 Å². The Bertz CT molecular complexity index is 59.5. The Balaban J connectivity index is 2.13. The molecule has 1 aliphatic heterocycles. The van der Waals surface area contributed by atoms with Gasteiger partial charge in [-0.25, -0.2) is 0 Å². The van der Waals surface area contributed by atoms with Crippen molar-refractivity contribution in [2.75, 3.05) is 6.61 Å². The molecular weight excluding hydrogens is 116 g/mol. The zero-order valence-electron chi connectivity index (χ0n) is 5.31.